The minimum atomic E-state index is 0.290. The fraction of sp³-hybridized carbons (Fsp3) is 0.118. The van der Waals surface area contributed by atoms with Gasteiger partial charge in [-0.25, -0.2) is 0 Å². The molecular weight excluding hydrogens is 264 g/mol. The van der Waals surface area contributed by atoms with Crippen LogP contribution in [0.5, 0.6) is 5.75 Å². The zero-order valence-corrected chi connectivity index (χ0v) is 12.0. The van der Waals surface area contributed by atoms with Crippen LogP contribution < -0.4 is 10.5 Å². The molecule has 0 spiro atoms. The molecule has 0 aliphatic rings. The number of aryl methyl sites for hydroxylation is 1. The van der Waals surface area contributed by atoms with Gasteiger partial charge >= 0.3 is 0 Å². The van der Waals surface area contributed by atoms with Crippen molar-refractivity contribution >= 4 is 5.88 Å². The molecule has 0 aliphatic carbocycles. The monoisotopic (exact) mass is 280 g/mol. The average molecular weight is 280 g/mol. The molecule has 4 heteroatoms. The van der Waals surface area contributed by atoms with Crippen molar-refractivity contribution in [3.05, 3.63) is 54.1 Å². The highest BCUT2D eigenvalue weighted by atomic mass is 16.5. The van der Waals surface area contributed by atoms with E-state index in [9.17, 15) is 0 Å². The van der Waals surface area contributed by atoms with Crippen LogP contribution in [-0.4, -0.2) is 12.3 Å². The standard InChI is InChI=1S/C17H16N2O2/c1-11-7-3-4-8-12(11)16-15(17(18)21-19-16)13-9-5-6-10-14(13)20-2/h3-10H,18H2,1-2H3. The Bertz CT molecular complexity index is 778. The number of benzene rings is 2. The number of aromatic nitrogens is 1. The van der Waals surface area contributed by atoms with E-state index < -0.39 is 0 Å². The molecule has 2 N–H and O–H groups in total. The van der Waals surface area contributed by atoms with E-state index in [4.69, 9.17) is 15.0 Å². The van der Waals surface area contributed by atoms with E-state index in [0.717, 1.165) is 33.7 Å². The van der Waals surface area contributed by atoms with Crippen LogP contribution in [0.4, 0.5) is 5.88 Å². The van der Waals surface area contributed by atoms with Gasteiger partial charge in [0.25, 0.3) is 0 Å². The van der Waals surface area contributed by atoms with E-state index in [1.807, 2.05) is 55.5 Å². The molecule has 0 bridgehead atoms. The Hall–Kier alpha value is -2.75. The maximum Gasteiger partial charge on any atom is 0.230 e. The predicted octanol–water partition coefficient (Wildman–Crippen LogP) is 3.91. The van der Waals surface area contributed by atoms with Crippen LogP contribution in [0.15, 0.2) is 53.1 Å². The third kappa shape index (κ3) is 2.25. The van der Waals surface area contributed by atoms with Crippen molar-refractivity contribution in [2.75, 3.05) is 12.8 Å². The van der Waals surface area contributed by atoms with Crippen molar-refractivity contribution in [1.29, 1.82) is 0 Å². The minimum absolute atomic E-state index is 0.290. The van der Waals surface area contributed by atoms with Crippen LogP contribution in [0.1, 0.15) is 5.56 Å². The molecule has 0 saturated heterocycles. The summed E-state index contributed by atoms with van der Waals surface area (Å²) in [5.41, 5.74) is 10.5. The summed E-state index contributed by atoms with van der Waals surface area (Å²) in [7, 11) is 1.63. The Balaban J connectivity index is 2.25. The second-order valence-corrected chi connectivity index (χ2v) is 4.79. The van der Waals surface area contributed by atoms with Crippen molar-refractivity contribution in [3.63, 3.8) is 0 Å². The summed E-state index contributed by atoms with van der Waals surface area (Å²) in [6.07, 6.45) is 0. The number of nitrogens with two attached hydrogens (primary N) is 1. The van der Waals surface area contributed by atoms with E-state index >= 15 is 0 Å². The SMILES string of the molecule is COc1ccccc1-c1c(-c2ccccc2C)noc1N. The molecule has 3 aromatic rings. The number of nitrogen functional groups attached to an aromatic ring is 1. The predicted molar refractivity (Wildman–Crippen MR) is 83.1 cm³/mol. The molecule has 1 aromatic heterocycles. The lowest BCUT2D eigenvalue weighted by atomic mass is 9.97. The average Bonchev–Trinajstić information content (AvgIpc) is 2.89. The molecule has 0 radical (unpaired) electrons. The van der Waals surface area contributed by atoms with Gasteiger partial charge in [-0.3, -0.25) is 0 Å². The highest BCUT2D eigenvalue weighted by Gasteiger charge is 2.21. The molecule has 0 saturated carbocycles. The summed E-state index contributed by atoms with van der Waals surface area (Å²) in [5, 5.41) is 4.14. The summed E-state index contributed by atoms with van der Waals surface area (Å²) in [4.78, 5) is 0. The summed E-state index contributed by atoms with van der Waals surface area (Å²) >= 11 is 0. The molecule has 0 atom stereocenters. The van der Waals surface area contributed by atoms with Crippen LogP contribution >= 0.6 is 0 Å². The van der Waals surface area contributed by atoms with Gasteiger partial charge in [0, 0.05) is 11.1 Å². The second-order valence-electron chi connectivity index (χ2n) is 4.79. The smallest absolute Gasteiger partial charge is 0.230 e. The van der Waals surface area contributed by atoms with E-state index in [0.29, 0.717) is 0 Å². The van der Waals surface area contributed by atoms with Gasteiger partial charge in [-0.15, -0.1) is 0 Å². The fourth-order valence-corrected chi connectivity index (χ4v) is 2.44. The number of para-hydroxylation sites is 1. The highest BCUT2D eigenvalue weighted by Crippen LogP contribution is 2.41. The molecule has 106 valence electrons. The van der Waals surface area contributed by atoms with Gasteiger partial charge < -0.3 is 15.0 Å². The first-order valence-corrected chi connectivity index (χ1v) is 6.67. The molecule has 3 rings (SSSR count). The molecule has 1 heterocycles. The van der Waals surface area contributed by atoms with E-state index in [1.54, 1.807) is 7.11 Å². The molecule has 4 nitrogen and oxygen atoms in total. The van der Waals surface area contributed by atoms with Gasteiger partial charge in [-0.1, -0.05) is 47.6 Å². The summed E-state index contributed by atoms with van der Waals surface area (Å²) < 4.78 is 10.7. The highest BCUT2D eigenvalue weighted by molar-refractivity contribution is 5.90. The van der Waals surface area contributed by atoms with Crippen molar-refractivity contribution in [2.24, 2.45) is 0 Å². The normalized spacial score (nSPS) is 10.6. The third-order valence-electron chi connectivity index (χ3n) is 3.49. The molecule has 0 aliphatic heterocycles. The van der Waals surface area contributed by atoms with E-state index in [1.165, 1.54) is 0 Å². The molecule has 0 fully saturated rings. The van der Waals surface area contributed by atoms with Gasteiger partial charge in [0.1, 0.15) is 11.4 Å². The van der Waals surface area contributed by atoms with Crippen LogP contribution in [0, 0.1) is 6.92 Å². The molecule has 21 heavy (non-hydrogen) atoms. The first-order chi connectivity index (χ1) is 10.2. The van der Waals surface area contributed by atoms with Crippen molar-refractivity contribution in [2.45, 2.75) is 6.92 Å². The number of ether oxygens (including phenoxy) is 1. The van der Waals surface area contributed by atoms with Gasteiger partial charge in [0.05, 0.1) is 12.7 Å². The minimum Gasteiger partial charge on any atom is -0.496 e. The number of hydrogen-bond acceptors (Lipinski definition) is 4. The Morgan fingerprint density at radius 3 is 2.38 bits per heavy atom. The first kappa shape index (κ1) is 13.2. The number of anilines is 1. The van der Waals surface area contributed by atoms with E-state index in [2.05, 4.69) is 5.16 Å². The Kier molecular flexibility index (Phi) is 3.36. The second kappa shape index (κ2) is 5.32. The molecule has 0 amide bonds. The Morgan fingerprint density at radius 2 is 1.67 bits per heavy atom. The van der Waals surface area contributed by atoms with Crippen molar-refractivity contribution in [3.8, 4) is 28.1 Å². The Morgan fingerprint density at radius 1 is 1.00 bits per heavy atom. The maximum absolute atomic E-state index is 6.00. The maximum atomic E-state index is 6.00. The van der Waals surface area contributed by atoms with Crippen LogP contribution in [-0.2, 0) is 0 Å². The molecule has 0 unspecified atom stereocenters. The van der Waals surface area contributed by atoms with E-state index in [-0.39, 0.29) is 5.88 Å². The quantitative estimate of drug-likeness (QED) is 0.790. The zero-order chi connectivity index (χ0) is 14.8. The van der Waals surface area contributed by atoms with Crippen LogP contribution in [0.25, 0.3) is 22.4 Å². The lowest BCUT2D eigenvalue weighted by Gasteiger charge is -2.09. The number of hydrogen-bond donors (Lipinski definition) is 1. The topological polar surface area (TPSA) is 61.3 Å². The zero-order valence-electron chi connectivity index (χ0n) is 12.0. The fourth-order valence-electron chi connectivity index (χ4n) is 2.44. The van der Waals surface area contributed by atoms with Gasteiger partial charge in [0.15, 0.2) is 0 Å². The number of methoxy groups -OCH3 is 1. The van der Waals surface area contributed by atoms with Crippen molar-refractivity contribution < 1.29 is 9.26 Å². The largest absolute Gasteiger partial charge is 0.496 e. The number of rotatable bonds is 3. The summed E-state index contributed by atoms with van der Waals surface area (Å²) in [6.45, 7) is 2.03. The third-order valence-corrected chi connectivity index (χ3v) is 3.49. The van der Waals surface area contributed by atoms with Gasteiger partial charge in [-0.05, 0) is 18.6 Å². The van der Waals surface area contributed by atoms with Crippen LogP contribution in [0.2, 0.25) is 0 Å². The van der Waals surface area contributed by atoms with Crippen LogP contribution in [0.3, 0.4) is 0 Å². The molecular formula is C17H16N2O2. The molecule has 2 aromatic carbocycles. The lowest BCUT2D eigenvalue weighted by molar-refractivity contribution is 0.416. The Labute approximate surface area is 123 Å². The number of nitrogens with zero attached hydrogens (tertiary/aromatic N) is 1. The summed E-state index contributed by atoms with van der Waals surface area (Å²) in [5.74, 6) is 1.03. The van der Waals surface area contributed by atoms with Gasteiger partial charge in [0.2, 0.25) is 5.88 Å². The van der Waals surface area contributed by atoms with Crippen molar-refractivity contribution in [1.82, 2.24) is 5.16 Å². The lowest BCUT2D eigenvalue weighted by Crippen LogP contribution is -1.92. The summed E-state index contributed by atoms with van der Waals surface area (Å²) in [6, 6.07) is 15.7. The first-order valence-electron chi connectivity index (χ1n) is 6.67. The van der Waals surface area contributed by atoms with Gasteiger partial charge in [-0.2, -0.15) is 0 Å².